The second-order valence-corrected chi connectivity index (χ2v) is 7.62. The Morgan fingerprint density at radius 1 is 0.882 bits per heavy atom. The molecule has 0 saturated carbocycles. The Hall–Kier alpha value is -4.78. The van der Waals surface area contributed by atoms with Gasteiger partial charge in [-0.05, 0) is 54.1 Å². The fourth-order valence-corrected chi connectivity index (χ4v) is 3.61. The molecule has 0 saturated heterocycles. The van der Waals surface area contributed by atoms with Crippen LogP contribution in [0.3, 0.4) is 0 Å². The fourth-order valence-electron chi connectivity index (χ4n) is 3.61. The molecule has 0 atom stereocenters. The number of nitrogens with zero attached hydrogens (tertiary/aromatic N) is 2. The molecule has 3 heterocycles. The highest BCUT2D eigenvalue weighted by Crippen LogP contribution is 2.24. The maximum absolute atomic E-state index is 13.1. The van der Waals surface area contributed by atoms with Crippen LogP contribution in [0.1, 0.15) is 26.5 Å². The van der Waals surface area contributed by atoms with E-state index in [-0.39, 0.29) is 17.6 Å². The molecule has 0 bridgehead atoms. The summed E-state index contributed by atoms with van der Waals surface area (Å²) >= 11 is 0. The number of benzene rings is 2. The van der Waals surface area contributed by atoms with Gasteiger partial charge in [0.25, 0.3) is 11.8 Å². The van der Waals surface area contributed by atoms with Gasteiger partial charge >= 0.3 is 0 Å². The molecular weight excluding hydrogens is 428 g/mol. The molecule has 34 heavy (non-hydrogen) atoms. The van der Waals surface area contributed by atoms with E-state index in [9.17, 15) is 9.59 Å². The number of carbonyl (C=O) groups is 2. The standard InChI is InChI=1S/C27H20N4O3/c32-26(29-16-18-9-11-20(12-10-18)30-27(33)25-8-4-14-34-25)22-15-24(19-5-3-13-28-17-19)31-23-7-2-1-6-21(22)23/h1-15,17H,16H2,(H,29,32)(H,30,33). The van der Waals surface area contributed by atoms with Crippen molar-refractivity contribution in [2.75, 3.05) is 5.32 Å². The van der Waals surface area contributed by atoms with Crippen molar-refractivity contribution in [3.8, 4) is 11.3 Å². The topological polar surface area (TPSA) is 97.1 Å². The number of carbonyl (C=O) groups excluding carboxylic acids is 2. The third-order valence-electron chi connectivity index (χ3n) is 5.33. The zero-order valence-electron chi connectivity index (χ0n) is 18.1. The maximum atomic E-state index is 13.1. The molecule has 166 valence electrons. The predicted molar refractivity (Wildman–Crippen MR) is 129 cm³/mol. The Morgan fingerprint density at radius 3 is 2.50 bits per heavy atom. The van der Waals surface area contributed by atoms with Gasteiger partial charge in [-0.2, -0.15) is 0 Å². The minimum atomic E-state index is -0.319. The molecule has 7 nitrogen and oxygen atoms in total. The van der Waals surface area contributed by atoms with E-state index in [1.165, 1.54) is 6.26 Å². The number of anilines is 1. The van der Waals surface area contributed by atoms with E-state index in [2.05, 4.69) is 15.6 Å². The number of hydrogen-bond donors (Lipinski definition) is 2. The molecule has 7 heteroatoms. The number of para-hydroxylation sites is 1. The fraction of sp³-hybridized carbons (Fsp3) is 0.0370. The average molecular weight is 448 g/mol. The van der Waals surface area contributed by atoms with Crippen LogP contribution in [-0.4, -0.2) is 21.8 Å². The van der Waals surface area contributed by atoms with Crippen molar-refractivity contribution in [1.29, 1.82) is 0 Å². The molecule has 2 amide bonds. The van der Waals surface area contributed by atoms with Crippen molar-refractivity contribution in [3.63, 3.8) is 0 Å². The lowest BCUT2D eigenvalue weighted by Crippen LogP contribution is -2.23. The number of hydrogen-bond acceptors (Lipinski definition) is 5. The van der Waals surface area contributed by atoms with Gasteiger partial charge in [0, 0.05) is 35.6 Å². The van der Waals surface area contributed by atoms with Crippen molar-refractivity contribution in [2.45, 2.75) is 6.54 Å². The first-order valence-corrected chi connectivity index (χ1v) is 10.7. The molecule has 0 aliphatic heterocycles. The van der Waals surface area contributed by atoms with Gasteiger partial charge in [0.2, 0.25) is 0 Å². The van der Waals surface area contributed by atoms with Crippen LogP contribution < -0.4 is 10.6 Å². The first-order valence-electron chi connectivity index (χ1n) is 10.7. The van der Waals surface area contributed by atoms with Crippen molar-refractivity contribution in [1.82, 2.24) is 15.3 Å². The van der Waals surface area contributed by atoms with Gasteiger partial charge in [0.15, 0.2) is 5.76 Å². The highest BCUT2D eigenvalue weighted by atomic mass is 16.3. The number of furan rings is 1. The number of rotatable bonds is 6. The highest BCUT2D eigenvalue weighted by molar-refractivity contribution is 6.07. The SMILES string of the molecule is O=C(Nc1ccc(CNC(=O)c2cc(-c3cccnc3)nc3ccccc23)cc1)c1ccco1. The largest absolute Gasteiger partial charge is 0.459 e. The Labute approximate surface area is 195 Å². The molecule has 2 N–H and O–H groups in total. The third-order valence-corrected chi connectivity index (χ3v) is 5.33. The number of nitrogens with one attached hydrogen (secondary N) is 2. The van der Waals surface area contributed by atoms with Crippen LogP contribution in [0.5, 0.6) is 0 Å². The van der Waals surface area contributed by atoms with Gasteiger partial charge in [-0.3, -0.25) is 14.6 Å². The average Bonchev–Trinajstić information content (AvgIpc) is 3.43. The lowest BCUT2D eigenvalue weighted by Gasteiger charge is -2.11. The molecule has 2 aromatic carbocycles. The van der Waals surface area contributed by atoms with Crippen LogP contribution in [-0.2, 0) is 6.54 Å². The van der Waals surface area contributed by atoms with Gasteiger partial charge in [-0.1, -0.05) is 30.3 Å². The molecule has 0 aliphatic rings. The number of fused-ring (bicyclic) bond motifs is 1. The predicted octanol–water partition coefficient (Wildman–Crippen LogP) is 5.07. The van der Waals surface area contributed by atoms with Crippen LogP contribution in [0.4, 0.5) is 5.69 Å². The lowest BCUT2D eigenvalue weighted by molar-refractivity contribution is 0.0951. The van der Waals surface area contributed by atoms with Crippen molar-refractivity contribution in [3.05, 3.63) is 114 Å². The normalized spacial score (nSPS) is 10.7. The lowest BCUT2D eigenvalue weighted by atomic mass is 10.0. The van der Waals surface area contributed by atoms with E-state index in [0.717, 1.165) is 22.0 Å². The third kappa shape index (κ3) is 4.54. The maximum Gasteiger partial charge on any atom is 0.291 e. The van der Waals surface area contributed by atoms with Gasteiger partial charge in [-0.25, -0.2) is 4.98 Å². The summed E-state index contributed by atoms with van der Waals surface area (Å²) in [4.78, 5) is 34.1. The summed E-state index contributed by atoms with van der Waals surface area (Å²) in [5.41, 5.74) is 4.36. The van der Waals surface area contributed by atoms with Crippen LogP contribution in [0, 0.1) is 0 Å². The van der Waals surface area contributed by atoms with Gasteiger partial charge in [0.1, 0.15) is 0 Å². The first-order chi connectivity index (χ1) is 16.7. The monoisotopic (exact) mass is 448 g/mol. The molecule has 0 aliphatic carbocycles. The summed E-state index contributed by atoms with van der Waals surface area (Å²) in [6, 6.07) is 23.6. The van der Waals surface area contributed by atoms with Crippen molar-refractivity contribution in [2.24, 2.45) is 0 Å². The summed E-state index contributed by atoms with van der Waals surface area (Å²) in [6.07, 6.45) is 4.88. The minimum absolute atomic E-state index is 0.195. The van der Waals surface area contributed by atoms with Crippen LogP contribution in [0.15, 0.2) is 102 Å². The Bertz CT molecular complexity index is 1450. The van der Waals surface area contributed by atoms with Crippen molar-refractivity contribution < 1.29 is 14.0 Å². The summed E-state index contributed by atoms with van der Waals surface area (Å²) in [5, 5.41) is 6.54. The van der Waals surface area contributed by atoms with Crippen molar-refractivity contribution >= 4 is 28.4 Å². The smallest absolute Gasteiger partial charge is 0.291 e. The Balaban J connectivity index is 1.31. The van der Waals surface area contributed by atoms with E-state index >= 15 is 0 Å². The van der Waals surface area contributed by atoms with E-state index in [1.807, 2.05) is 48.5 Å². The number of aromatic nitrogens is 2. The second kappa shape index (κ2) is 9.38. The first kappa shape index (κ1) is 21.1. The zero-order valence-corrected chi connectivity index (χ0v) is 18.1. The van der Waals surface area contributed by atoms with E-state index < -0.39 is 0 Å². The summed E-state index contributed by atoms with van der Waals surface area (Å²) in [7, 11) is 0. The molecule has 0 radical (unpaired) electrons. The quantitative estimate of drug-likeness (QED) is 0.378. The molecular formula is C27H20N4O3. The second-order valence-electron chi connectivity index (χ2n) is 7.62. The van der Waals surface area contributed by atoms with Crippen LogP contribution >= 0.6 is 0 Å². The molecule has 0 unspecified atom stereocenters. The summed E-state index contributed by atoms with van der Waals surface area (Å²) in [6.45, 7) is 0.337. The molecule has 5 rings (SSSR count). The summed E-state index contributed by atoms with van der Waals surface area (Å²) in [5.74, 6) is -0.273. The van der Waals surface area contributed by atoms with E-state index in [0.29, 0.717) is 23.5 Å². The van der Waals surface area contributed by atoms with Gasteiger partial charge in [-0.15, -0.1) is 0 Å². The van der Waals surface area contributed by atoms with Crippen LogP contribution in [0.2, 0.25) is 0 Å². The van der Waals surface area contributed by atoms with E-state index in [1.54, 1.807) is 42.7 Å². The van der Waals surface area contributed by atoms with Crippen LogP contribution in [0.25, 0.3) is 22.2 Å². The Kier molecular flexibility index (Phi) is 5.82. The van der Waals surface area contributed by atoms with Gasteiger partial charge in [0.05, 0.1) is 23.0 Å². The summed E-state index contributed by atoms with van der Waals surface area (Å²) < 4.78 is 5.10. The molecule has 0 fully saturated rings. The minimum Gasteiger partial charge on any atom is -0.459 e. The number of amides is 2. The zero-order chi connectivity index (χ0) is 23.3. The van der Waals surface area contributed by atoms with Gasteiger partial charge < -0.3 is 15.1 Å². The Morgan fingerprint density at radius 2 is 1.74 bits per heavy atom. The molecule has 3 aromatic heterocycles. The molecule has 0 spiro atoms. The number of pyridine rings is 2. The highest BCUT2D eigenvalue weighted by Gasteiger charge is 2.14. The van der Waals surface area contributed by atoms with E-state index in [4.69, 9.17) is 9.40 Å². The molecule has 5 aromatic rings.